The minimum Gasteiger partial charge on any atom is -0.457 e. The van der Waals surface area contributed by atoms with Crippen LogP contribution in [0, 0.1) is 22.9 Å². The minimum atomic E-state index is -0.533. The molecule has 0 aliphatic rings. The van der Waals surface area contributed by atoms with Gasteiger partial charge in [-0.25, -0.2) is 9.37 Å². The second-order valence-electron chi connectivity index (χ2n) is 7.07. The zero-order valence-electron chi connectivity index (χ0n) is 16.5. The number of aryl methyl sites for hydroxylation is 1. The Labute approximate surface area is 177 Å². The summed E-state index contributed by atoms with van der Waals surface area (Å²) in [6.45, 7) is 1.81. The van der Waals surface area contributed by atoms with Crippen molar-refractivity contribution in [2.24, 2.45) is 0 Å². The first-order valence-electron chi connectivity index (χ1n) is 9.50. The molecule has 0 spiro atoms. The van der Waals surface area contributed by atoms with E-state index in [1.165, 1.54) is 18.3 Å². The minimum absolute atomic E-state index is 0.0606. The largest absolute Gasteiger partial charge is 0.457 e. The van der Waals surface area contributed by atoms with Crippen LogP contribution in [0.15, 0.2) is 72.9 Å². The summed E-state index contributed by atoms with van der Waals surface area (Å²) in [5.41, 5.74) is 1.75. The van der Waals surface area contributed by atoms with Gasteiger partial charge in [-0.3, -0.25) is 14.9 Å². The van der Waals surface area contributed by atoms with Crippen LogP contribution in [0.3, 0.4) is 0 Å². The number of benzene rings is 3. The van der Waals surface area contributed by atoms with E-state index in [2.05, 4.69) is 4.98 Å². The van der Waals surface area contributed by atoms with Gasteiger partial charge in [0.05, 0.1) is 10.5 Å². The van der Waals surface area contributed by atoms with E-state index in [1.807, 2.05) is 0 Å². The molecule has 0 atom stereocenters. The highest BCUT2D eigenvalue weighted by Gasteiger charge is 2.16. The molecule has 0 unspecified atom stereocenters. The first-order valence-corrected chi connectivity index (χ1v) is 9.50. The summed E-state index contributed by atoms with van der Waals surface area (Å²) in [5, 5.41) is 11.7. The van der Waals surface area contributed by atoms with Gasteiger partial charge in [-0.15, -0.1) is 0 Å². The van der Waals surface area contributed by atoms with Crippen molar-refractivity contribution in [1.82, 2.24) is 4.98 Å². The first kappa shape index (κ1) is 20.2. The van der Waals surface area contributed by atoms with E-state index in [9.17, 15) is 19.3 Å². The number of nitro benzene ring substituents is 1. The monoisotopic (exact) mass is 416 g/mol. The maximum Gasteiger partial charge on any atom is 0.295 e. The Morgan fingerprint density at radius 3 is 2.61 bits per heavy atom. The highest BCUT2D eigenvalue weighted by molar-refractivity contribution is 5.98. The standard InChI is InChI=1S/C24H17FN2O4/c1-15-5-10-20(25)19(13-15)22(28)14-16-6-8-17(9-7-16)31-23-11-12-26-24-18(23)3-2-4-21(24)27(29)30/h2-13H,14H2,1H3. The van der Waals surface area contributed by atoms with Crippen molar-refractivity contribution in [2.75, 3.05) is 0 Å². The van der Waals surface area contributed by atoms with Crippen LogP contribution in [-0.4, -0.2) is 15.7 Å². The Morgan fingerprint density at radius 2 is 1.87 bits per heavy atom. The third kappa shape index (κ3) is 4.25. The molecular weight excluding hydrogens is 399 g/mol. The van der Waals surface area contributed by atoms with E-state index in [0.717, 1.165) is 5.56 Å². The summed E-state index contributed by atoms with van der Waals surface area (Å²) >= 11 is 0. The van der Waals surface area contributed by atoms with Crippen LogP contribution in [-0.2, 0) is 6.42 Å². The molecule has 0 aliphatic heterocycles. The lowest BCUT2D eigenvalue weighted by atomic mass is 10.0. The average Bonchev–Trinajstić information content (AvgIpc) is 2.76. The Bertz CT molecular complexity index is 1300. The van der Waals surface area contributed by atoms with E-state index in [0.29, 0.717) is 22.4 Å². The summed E-state index contributed by atoms with van der Waals surface area (Å²) < 4.78 is 19.8. The van der Waals surface area contributed by atoms with E-state index >= 15 is 0 Å². The summed E-state index contributed by atoms with van der Waals surface area (Å²) in [6, 6.07) is 17.6. The second-order valence-corrected chi connectivity index (χ2v) is 7.07. The average molecular weight is 416 g/mol. The van der Waals surface area contributed by atoms with Crippen molar-refractivity contribution in [3.63, 3.8) is 0 Å². The number of para-hydroxylation sites is 1. The lowest BCUT2D eigenvalue weighted by molar-refractivity contribution is -0.383. The van der Waals surface area contributed by atoms with E-state index < -0.39 is 10.7 Å². The van der Waals surface area contributed by atoms with Gasteiger partial charge in [0, 0.05) is 24.1 Å². The number of rotatable bonds is 6. The van der Waals surface area contributed by atoms with Crippen LogP contribution in [0.4, 0.5) is 10.1 Å². The molecule has 0 bridgehead atoms. The van der Waals surface area contributed by atoms with Crippen LogP contribution in [0.1, 0.15) is 21.5 Å². The molecule has 0 radical (unpaired) electrons. The number of carbonyl (C=O) groups is 1. The molecule has 6 nitrogen and oxygen atoms in total. The Hall–Kier alpha value is -4.13. The van der Waals surface area contributed by atoms with Gasteiger partial charge in [0.15, 0.2) is 11.3 Å². The summed E-state index contributed by atoms with van der Waals surface area (Å²) in [6.07, 6.45) is 1.51. The number of halogens is 1. The molecular formula is C24H17FN2O4. The quantitative estimate of drug-likeness (QED) is 0.225. The molecule has 0 fully saturated rings. The van der Waals surface area contributed by atoms with Crippen molar-refractivity contribution >= 4 is 22.4 Å². The van der Waals surface area contributed by atoms with Crippen molar-refractivity contribution in [2.45, 2.75) is 13.3 Å². The molecule has 0 saturated heterocycles. The molecule has 0 N–H and O–H groups in total. The molecule has 0 amide bonds. The van der Waals surface area contributed by atoms with Crippen molar-refractivity contribution in [3.05, 3.63) is 106 Å². The number of fused-ring (bicyclic) bond motifs is 1. The molecule has 154 valence electrons. The molecule has 7 heteroatoms. The Morgan fingerprint density at radius 1 is 1.10 bits per heavy atom. The number of carbonyl (C=O) groups excluding carboxylic acids is 1. The first-order chi connectivity index (χ1) is 14.9. The third-order valence-corrected chi connectivity index (χ3v) is 4.84. The van der Waals surface area contributed by atoms with Gasteiger partial charge in [-0.2, -0.15) is 0 Å². The second kappa shape index (κ2) is 8.31. The van der Waals surface area contributed by atoms with Gasteiger partial charge in [-0.05, 0) is 48.9 Å². The predicted molar refractivity (Wildman–Crippen MR) is 114 cm³/mol. The molecule has 4 aromatic rings. The molecule has 31 heavy (non-hydrogen) atoms. The number of hydrogen-bond acceptors (Lipinski definition) is 5. The van der Waals surface area contributed by atoms with E-state index in [4.69, 9.17) is 4.74 Å². The number of nitrogens with zero attached hydrogens (tertiary/aromatic N) is 2. The fourth-order valence-electron chi connectivity index (χ4n) is 3.31. The number of aromatic nitrogens is 1. The highest BCUT2D eigenvalue weighted by Crippen LogP contribution is 2.33. The number of hydrogen-bond donors (Lipinski definition) is 0. The number of ketones is 1. The van der Waals surface area contributed by atoms with Gasteiger partial charge in [0.25, 0.3) is 5.69 Å². The molecule has 4 rings (SSSR count). The van der Waals surface area contributed by atoms with E-state index in [1.54, 1.807) is 61.5 Å². The van der Waals surface area contributed by atoms with Crippen molar-refractivity contribution in [3.8, 4) is 11.5 Å². The zero-order chi connectivity index (χ0) is 22.0. The molecule has 1 heterocycles. The van der Waals surface area contributed by atoms with Crippen LogP contribution < -0.4 is 4.74 Å². The molecule has 3 aromatic carbocycles. The number of nitro groups is 1. The topological polar surface area (TPSA) is 82.3 Å². The lowest BCUT2D eigenvalue weighted by Gasteiger charge is -2.09. The van der Waals surface area contributed by atoms with Crippen LogP contribution in [0.5, 0.6) is 11.5 Å². The Balaban J connectivity index is 1.54. The highest BCUT2D eigenvalue weighted by atomic mass is 19.1. The fourth-order valence-corrected chi connectivity index (χ4v) is 3.31. The zero-order valence-corrected chi connectivity index (χ0v) is 16.5. The van der Waals surface area contributed by atoms with Crippen molar-refractivity contribution < 1.29 is 18.8 Å². The lowest BCUT2D eigenvalue weighted by Crippen LogP contribution is -2.06. The Kier molecular flexibility index (Phi) is 5.41. The van der Waals surface area contributed by atoms with E-state index in [-0.39, 0.29) is 29.0 Å². The van der Waals surface area contributed by atoms with Gasteiger partial charge in [0.1, 0.15) is 17.3 Å². The summed E-state index contributed by atoms with van der Waals surface area (Å²) in [7, 11) is 0. The number of ether oxygens (including phenoxy) is 1. The van der Waals surface area contributed by atoms with Crippen LogP contribution in [0.2, 0.25) is 0 Å². The van der Waals surface area contributed by atoms with Gasteiger partial charge in [-0.1, -0.05) is 29.8 Å². The van der Waals surface area contributed by atoms with Gasteiger partial charge in [0.2, 0.25) is 0 Å². The van der Waals surface area contributed by atoms with Gasteiger partial charge < -0.3 is 4.74 Å². The van der Waals surface area contributed by atoms with Gasteiger partial charge >= 0.3 is 0 Å². The maximum absolute atomic E-state index is 13.9. The third-order valence-electron chi connectivity index (χ3n) is 4.84. The number of Topliss-reactive ketones (excluding diaryl/α,β-unsaturated/α-hetero) is 1. The van der Waals surface area contributed by atoms with Crippen molar-refractivity contribution in [1.29, 1.82) is 0 Å². The smallest absolute Gasteiger partial charge is 0.295 e. The number of pyridine rings is 1. The summed E-state index contributed by atoms with van der Waals surface area (Å²) in [4.78, 5) is 27.3. The normalized spacial score (nSPS) is 10.8. The fraction of sp³-hybridized carbons (Fsp3) is 0.0833. The maximum atomic E-state index is 13.9. The molecule has 1 aromatic heterocycles. The van der Waals surface area contributed by atoms with Crippen LogP contribution in [0.25, 0.3) is 10.9 Å². The number of non-ortho nitro benzene ring substituents is 1. The molecule has 0 aliphatic carbocycles. The SMILES string of the molecule is Cc1ccc(F)c(C(=O)Cc2ccc(Oc3ccnc4c([N+](=O)[O-])cccc34)cc2)c1. The predicted octanol–water partition coefficient (Wildman–Crippen LogP) is 5.81. The molecule has 0 saturated carbocycles. The summed E-state index contributed by atoms with van der Waals surface area (Å²) in [5.74, 6) is 0.0906. The van der Waals surface area contributed by atoms with Crippen LogP contribution >= 0.6 is 0 Å².